The first-order valence-corrected chi connectivity index (χ1v) is 8.40. The molecule has 1 saturated heterocycles. The first-order valence-electron chi connectivity index (χ1n) is 8.40. The number of carboxylic acids is 1. The molecule has 2 N–H and O–H groups in total. The number of rotatable bonds is 5. The Kier molecular flexibility index (Phi) is 5.85. The Bertz CT molecular complexity index is 314. The molecule has 1 aliphatic heterocycles. The van der Waals surface area contributed by atoms with Crippen LogP contribution in [0, 0.1) is 0 Å². The number of nitrogens with zero attached hydrogens (tertiary/aromatic N) is 1. The van der Waals surface area contributed by atoms with Gasteiger partial charge in [-0.1, -0.05) is 19.8 Å². The minimum absolute atomic E-state index is 0.460. The van der Waals surface area contributed by atoms with Crippen molar-refractivity contribution in [2.75, 3.05) is 19.6 Å². The summed E-state index contributed by atoms with van der Waals surface area (Å²) in [5, 5.41) is 13.0. The zero-order chi connectivity index (χ0) is 14.4. The second-order valence-electron chi connectivity index (χ2n) is 6.51. The maximum absolute atomic E-state index is 11.8. The highest BCUT2D eigenvalue weighted by molar-refractivity contribution is 5.79. The lowest BCUT2D eigenvalue weighted by Gasteiger charge is -2.42. The predicted octanol–water partition coefficient (Wildman–Crippen LogP) is 2.63. The van der Waals surface area contributed by atoms with Crippen molar-refractivity contribution in [3.8, 4) is 0 Å². The molecule has 2 rings (SSSR count). The van der Waals surface area contributed by atoms with E-state index >= 15 is 0 Å². The van der Waals surface area contributed by atoms with E-state index < -0.39 is 11.5 Å². The number of nitrogens with one attached hydrogen (secondary N) is 1. The summed E-state index contributed by atoms with van der Waals surface area (Å²) >= 11 is 0. The molecule has 2 aliphatic rings. The molecule has 0 aromatic heterocycles. The van der Waals surface area contributed by atoms with E-state index in [2.05, 4.69) is 17.1 Å². The fourth-order valence-corrected chi connectivity index (χ4v) is 3.81. The van der Waals surface area contributed by atoms with Crippen LogP contribution in [0.1, 0.15) is 64.7 Å². The molecule has 0 radical (unpaired) electrons. The second kappa shape index (κ2) is 7.41. The maximum Gasteiger partial charge on any atom is 0.323 e. The zero-order valence-electron chi connectivity index (χ0n) is 12.9. The van der Waals surface area contributed by atoms with Gasteiger partial charge in [0.2, 0.25) is 0 Å². The predicted molar refractivity (Wildman–Crippen MR) is 81.0 cm³/mol. The van der Waals surface area contributed by atoms with E-state index in [1.807, 2.05) is 0 Å². The first-order chi connectivity index (χ1) is 9.68. The van der Waals surface area contributed by atoms with Gasteiger partial charge in [0.1, 0.15) is 5.54 Å². The van der Waals surface area contributed by atoms with Crippen LogP contribution in [0.2, 0.25) is 0 Å². The van der Waals surface area contributed by atoms with Gasteiger partial charge >= 0.3 is 5.97 Å². The lowest BCUT2D eigenvalue weighted by Crippen LogP contribution is -2.58. The summed E-state index contributed by atoms with van der Waals surface area (Å²) in [6, 6.07) is 0.460. The van der Waals surface area contributed by atoms with Crippen molar-refractivity contribution in [2.24, 2.45) is 0 Å². The Morgan fingerprint density at radius 3 is 2.55 bits per heavy atom. The SMILES string of the molecule is CCCNC1(C(=O)O)CCCC(N2CCCCCC2)C1. The van der Waals surface area contributed by atoms with Crippen LogP contribution in [0.25, 0.3) is 0 Å². The van der Waals surface area contributed by atoms with E-state index in [9.17, 15) is 9.90 Å². The van der Waals surface area contributed by atoms with Gasteiger partial charge in [-0.15, -0.1) is 0 Å². The molecule has 2 unspecified atom stereocenters. The summed E-state index contributed by atoms with van der Waals surface area (Å²) in [7, 11) is 0. The van der Waals surface area contributed by atoms with Gasteiger partial charge in [0.15, 0.2) is 0 Å². The molecule has 2 atom stereocenters. The molecule has 0 aromatic rings. The highest BCUT2D eigenvalue weighted by Gasteiger charge is 2.43. The molecule has 1 saturated carbocycles. The third kappa shape index (κ3) is 3.73. The number of hydrogen-bond acceptors (Lipinski definition) is 3. The molecule has 0 bridgehead atoms. The minimum atomic E-state index is -0.675. The Morgan fingerprint density at radius 1 is 1.25 bits per heavy atom. The van der Waals surface area contributed by atoms with E-state index in [1.165, 1.54) is 32.1 Å². The molecule has 4 nitrogen and oxygen atoms in total. The van der Waals surface area contributed by atoms with E-state index in [1.54, 1.807) is 0 Å². The lowest BCUT2D eigenvalue weighted by molar-refractivity contribution is -0.147. The van der Waals surface area contributed by atoms with Gasteiger partial charge in [0.05, 0.1) is 0 Å². The molecule has 1 aliphatic carbocycles. The van der Waals surface area contributed by atoms with E-state index in [-0.39, 0.29) is 0 Å². The van der Waals surface area contributed by atoms with Crippen molar-refractivity contribution < 1.29 is 9.90 Å². The van der Waals surface area contributed by atoms with E-state index in [0.29, 0.717) is 6.04 Å². The van der Waals surface area contributed by atoms with Gasteiger partial charge in [-0.05, 0) is 64.6 Å². The summed E-state index contributed by atoms with van der Waals surface area (Å²) in [6.07, 6.45) is 9.98. The maximum atomic E-state index is 11.8. The van der Waals surface area contributed by atoms with Gasteiger partial charge in [-0.2, -0.15) is 0 Å². The van der Waals surface area contributed by atoms with E-state index in [0.717, 1.165) is 45.3 Å². The summed E-state index contributed by atoms with van der Waals surface area (Å²) in [4.78, 5) is 14.4. The van der Waals surface area contributed by atoms with Crippen LogP contribution in [0.3, 0.4) is 0 Å². The van der Waals surface area contributed by atoms with E-state index in [4.69, 9.17) is 0 Å². The molecule has 0 amide bonds. The Labute approximate surface area is 122 Å². The van der Waals surface area contributed by atoms with Crippen molar-refractivity contribution in [1.82, 2.24) is 10.2 Å². The molecule has 0 aromatic carbocycles. The van der Waals surface area contributed by atoms with Crippen molar-refractivity contribution in [2.45, 2.75) is 76.3 Å². The van der Waals surface area contributed by atoms with Crippen molar-refractivity contribution in [3.05, 3.63) is 0 Å². The average molecular weight is 282 g/mol. The third-order valence-electron chi connectivity index (χ3n) is 5.00. The highest BCUT2D eigenvalue weighted by atomic mass is 16.4. The van der Waals surface area contributed by atoms with Gasteiger partial charge < -0.3 is 15.3 Å². The Hall–Kier alpha value is -0.610. The van der Waals surface area contributed by atoms with Gasteiger partial charge in [0, 0.05) is 6.04 Å². The largest absolute Gasteiger partial charge is 0.480 e. The molecule has 1 heterocycles. The summed E-state index contributed by atoms with van der Waals surface area (Å²) in [5.74, 6) is -0.648. The summed E-state index contributed by atoms with van der Waals surface area (Å²) in [6.45, 7) is 5.22. The fourth-order valence-electron chi connectivity index (χ4n) is 3.81. The summed E-state index contributed by atoms with van der Waals surface area (Å²) in [5.41, 5.74) is -0.675. The lowest BCUT2D eigenvalue weighted by atomic mass is 9.78. The quantitative estimate of drug-likeness (QED) is 0.814. The third-order valence-corrected chi connectivity index (χ3v) is 5.00. The van der Waals surface area contributed by atoms with Crippen LogP contribution in [0.15, 0.2) is 0 Å². The summed E-state index contributed by atoms with van der Waals surface area (Å²) < 4.78 is 0. The zero-order valence-corrected chi connectivity index (χ0v) is 12.9. The molecule has 116 valence electrons. The fraction of sp³-hybridized carbons (Fsp3) is 0.938. The van der Waals surface area contributed by atoms with Gasteiger partial charge in [0.25, 0.3) is 0 Å². The molecule has 4 heteroatoms. The van der Waals surface area contributed by atoms with Crippen LogP contribution in [0.5, 0.6) is 0 Å². The van der Waals surface area contributed by atoms with Crippen LogP contribution in [-0.2, 0) is 4.79 Å². The van der Waals surface area contributed by atoms with Crippen LogP contribution < -0.4 is 5.32 Å². The molecular weight excluding hydrogens is 252 g/mol. The first kappa shape index (κ1) is 15.8. The monoisotopic (exact) mass is 282 g/mol. The normalized spacial score (nSPS) is 32.8. The number of carbonyl (C=O) groups is 1. The minimum Gasteiger partial charge on any atom is -0.480 e. The molecular formula is C16H30N2O2. The molecule has 20 heavy (non-hydrogen) atoms. The smallest absolute Gasteiger partial charge is 0.323 e. The van der Waals surface area contributed by atoms with Gasteiger partial charge in [-0.3, -0.25) is 4.79 Å². The highest BCUT2D eigenvalue weighted by Crippen LogP contribution is 2.32. The number of aliphatic carboxylic acids is 1. The van der Waals surface area contributed by atoms with Gasteiger partial charge in [-0.25, -0.2) is 0 Å². The topological polar surface area (TPSA) is 52.6 Å². The Balaban J connectivity index is 2.02. The number of carboxylic acid groups (broad SMARTS) is 1. The van der Waals surface area contributed by atoms with Crippen molar-refractivity contribution in [1.29, 1.82) is 0 Å². The van der Waals surface area contributed by atoms with Crippen molar-refractivity contribution >= 4 is 5.97 Å². The number of likely N-dealkylation sites (tertiary alicyclic amines) is 1. The number of hydrogen-bond donors (Lipinski definition) is 2. The molecule has 0 spiro atoms. The Morgan fingerprint density at radius 2 is 1.95 bits per heavy atom. The standard InChI is InChI=1S/C16H30N2O2/c1-2-10-17-16(15(19)20)9-7-8-14(13-16)18-11-5-3-4-6-12-18/h14,17H,2-13H2,1H3,(H,19,20). The van der Waals surface area contributed by atoms with Crippen LogP contribution >= 0.6 is 0 Å². The van der Waals surface area contributed by atoms with Crippen LogP contribution in [0.4, 0.5) is 0 Å². The average Bonchev–Trinajstić information content (AvgIpc) is 2.74. The van der Waals surface area contributed by atoms with Crippen LogP contribution in [-0.4, -0.2) is 47.2 Å². The van der Waals surface area contributed by atoms with Crippen molar-refractivity contribution in [3.63, 3.8) is 0 Å². The molecule has 2 fully saturated rings. The second-order valence-corrected chi connectivity index (χ2v) is 6.51.